The first-order valence-electron chi connectivity index (χ1n) is 29.7. The Morgan fingerprint density at radius 3 is 2.35 bits per heavy atom. The Morgan fingerprint density at radius 1 is 0.988 bits per heavy atom. The molecule has 0 bridgehead atoms. The molecule has 458 valence electrons. The molecule has 0 spiro atoms. The molecule has 1 fully saturated rings. The van der Waals surface area contributed by atoms with Crippen molar-refractivity contribution < 1.29 is 61.9 Å². The van der Waals surface area contributed by atoms with E-state index in [2.05, 4.69) is 34.7 Å². The summed E-state index contributed by atoms with van der Waals surface area (Å²) in [5.74, 6) is -3.74. The Balaban J connectivity index is 1.37. The number of amides is 4. The van der Waals surface area contributed by atoms with Gasteiger partial charge >= 0.3 is 11.9 Å². The molecule has 1 aromatic carbocycles. The number of nitrogens with one attached hydrogen (secondary N) is 3. The lowest BCUT2D eigenvalue weighted by atomic mass is 9.80. The van der Waals surface area contributed by atoms with Crippen molar-refractivity contribution in [1.29, 1.82) is 0 Å². The van der Waals surface area contributed by atoms with Gasteiger partial charge in [-0.15, -0.1) is 11.3 Å². The van der Waals surface area contributed by atoms with Crippen molar-refractivity contribution >= 4 is 46.9 Å². The molecule has 81 heavy (non-hydrogen) atoms. The number of hydrogen-bond donors (Lipinski definition) is 4. The van der Waals surface area contributed by atoms with E-state index in [4.69, 9.17) is 28.7 Å². The van der Waals surface area contributed by atoms with E-state index in [0.29, 0.717) is 61.4 Å². The number of hydrogen-bond acceptors (Lipinski definition) is 15. The summed E-state index contributed by atoms with van der Waals surface area (Å²) in [5.41, 5.74) is 0.596. The number of aromatic nitrogens is 1. The standard InChI is InChI=1S/C61H99FN6O12S/c1-15-26-68(58(74)54(39(6)17-3)66-56(73)48-21-18-19-27-67(48)14)49(38(4)5)32-50(76-28-16-2)57-65-47(37-81-57)55(72)64-43-29-41-24-25-42(62)30-45(41)46(31-43)59(75)78-40(7)34-63-51(70)22-20-23-52(71)77-36-53(80-61(11,12)13)79-44(35-69)33-60(8,9)10/h24-25,30,37-40,43-44,46,48-50,53-54,69H,15-23,26-29,31-36H2,1-14H3,(H,63,70)(H,64,72)(H,66,73). The van der Waals surface area contributed by atoms with E-state index >= 15 is 0 Å². The lowest BCUT2D eigenvalue weighted by Crippen LogP contribution is -2.58. The summed E-state index contributed by atoms with van der Waals surface area (Å²) in [6, 6.07) is 2.45. The lowest BCUT2D eigenvalue weighted by molar-refractivity contribution is -0.241. The second kappa shape index (κ2) is 33.0. The van der Waals surface area contributed by atoms with Crippen LogP contribution >= 0.6 is 11.3 Å². The van der Waals surface area contributed by atoms with Crippen molar-refractivity contribution in [2.75, 3.05) is 46.5 Å². The number of piperidine rings is 1. The first kappa shape index (κ1) is 68.9. The topological polar surface area (TPSA) is 224 Å². The van der Waals surface area contributed by atoms with Crippen LogP contribution in [0.1, 0.15) is 206 Å². The van der Waals surface area contributed by atoms with Crippen molar-refractivity contribution in [3.63, 3.8) is 0 Å². The molecule has 20 heteroatoms. The number of benzene rings is 1. The highest BCUT2D eigenvalue weighted by atomic mass is 32.1. The number of likely N-dealkylation sites (tertiary alicyclic amines) is 1. The van der Waals surface area contributed by atoms with Crippen molar-refractivity contribution in [2.24, 2.45) is 17.3 Å². The van der Waals surface area contributed by atoms with E-state index in [1.807, 2.05) is 81.2 Å². The van der Waals surface area contributed by atoms with Gasteiger partial charge in [-0.3, -0.25) is 33.7 Å². The van der Waals surface area contributed by atoms with E-state index in [-0.39, 0.29) is 98.2 Å². The number of thiazole rings is 1. The predicted molar refractivity (Wildman–Crippen MR) is 311 cm³/mol. The summed E-state index contributed by atoms with van der Waals surface area (Å²) in [6.45, 7) is 26.9. The lowest BCUT2D eigenvalue weighted by Gasteiger charge is -2.40. The molecule has 18 nitrogen and oxygen atoms in total. The minimum absolute atomic E-state index is 0.00651. The molecule has 0 radical (unpaired) electrons. The third kappa shape index (κ3) is 22.8. The van der Waals surface area contributed by atoms with Gasteiger partial charge in [0.15, 0.2) is 6.29 Å². The molecule has 2 aliphatic rings. The fraction of sp³-hybridized carbons (Fsp3) is 0.754. The van der Waals surface area contributed by atoms with Crippen LogP contribution in [0.5, 0.6) is 0 Å². The molecule has 10 atom stereocenters. The zero-order valence-corrected chi connectivity index (χ0v) is 52.0. The molecule has 4 N–H and O–H groups in total. The summed E-state index contributed by atoms with van der Waals surface area (Å²) in [4.78, 5) is 90.9. The van der Waals surface area contributed by atoms with Gasteiger partial charge in [0.1, 0.15) is 41.4 Å². The third-order valence-electron chi connectivity index (χ3n) is 14.8. The first-order chi connectivity index (χ1) is 38.2. The molecule has 2 aromatic rings. The average Bonchev–Trinajstić information content (AvgIpc) is 3.93. The summed E-state index contributed by atoms with van der Waals surface area (Å²) in [5, 5.41) is 21.2. The SMILES string of the molecule is CCCOC(CC(C(C)C)N(CCC)C(=O)C(NC(=O)C1CCCCN1C)C(C)CC)c1nc(C(=O)NC2Cc3ccc(F)cc3C(C(=O)OC(C)CNC(=O)CCCC(=O)OCC(OC(CO)CC(C)(C)C)OC(C)(C)C)C2)cs1. The highest BCUT2D eigenvalue weighted by molar-refractivity contribution is 7.09. The van der Waals surface area contributed by atoms with Crippen LogP contribution in [0, 0.1) is 23.1 Å². The van der Waals surface area contributed by atoms with Crippen LogP contribution in [0.3, 0.4) is 0 Å². The van der Waals surface area contributed by atoms with Gasteiger partial charge < -0.3 is 49.6 Å². The van der Waals surface area contributed by atoms with Crippen molar-refractivity contribution in [3.8, 4) is 0 Å². The Kier molecular flexibility index (Phi) is 28.1. The molecular weight excluding hydrogens is 1060 g/mol. The summed E-state index contributed by atoms with van der Waals surface area (Å²) >= 11 is 1.30. The second-order valence-corrected chi connectivity index (χ2v) is 25.7. The van der Waals surface area contributed by atoms with Gasteiger partial charge in [0.05, 0.1) is 36.8 Å². The number of halogens is 1. The molecule has 1 saturated heterocycles. The summed E-state index contributed by atoms with van der Waals surface area (Å²) in [7, 11) is 1.96. The van der Waals surface area contributed by atoms with Crippen LogP contribution in [-0.2, 0) is 54.1 Å². The van der Waals surface area contributed by atoms with Crippen LogP contribution in [0.15, 0.2) is 23.6 Å². The van der Waals surface area contributed by atoms with Gasteiger partial charge in [0.25, 0.3) is 5.91 Å². The van der Waals surface area contributed by atoms with Crippen LogP contribution < -0.4 is 16.0 Å². The molecular formula is C61H99FN6O12S. The molecule has 4 rings (SSSR count). The number of likely N-dealkylation sites (N-methyl/N-ethyl adjacent to an activating group) is 1. The molecule has 0 saturated carbocycles. The van der Waals surface area contributed by atoms with E-state index < -0.39 is 71.9 Å². The maximum Gasteiger partial charge on any atom is 0.313 e. The summed E-state index contributed by atoms with van der Waals surface area (Å²) < 4.78 is 44.5. The maximum atomic E-state index is 14.8. The fourth-order valence-corrected chi connectivity index (χ4v) is 11.3. The highest BCUT2D eigenvalue weighted by Crippen LogP contribution is 2.36. The predicted octanol–water partition coefficient (Wildman–Crippen LogP) is 8.96. The molecule has 4 amide bonds. The van der Waals surface area contributed by atoms with Crippen LogP contribution in [0.25, 0.3) is 0 Å². The monoisotopic (exact) mass is 1160 g/mol. The Bertz CT molecular complexity index is 2320. The number of rotatable bonds is 32. The van der Waals surface area contributed by atoms with Gasteiger partial charge in [-0.05, 0) is 133 Å². The number of fused-ring (bicyclic) bond motifs is 1. The fourth-order valence-electron chi connectivity index (χ4n) is 10.5. The van der Waals surface area contributed by atoms with Crippen LogP contribution in [0.2, 0.25) is 0 Å². The van der Waals surface area contributed by atoms with Gasteiger partial charge in [-0.1, -0.05) is 81.2 Å². The highest BCUT2D eigenvalue weighted by Gasteiger charge is 2.40. The molecule has 1 aliphatic carbocycles. The molecule has 10 unspecified atom stereocenters. The number of nitrogens with zero attached hydrogens (tertiary/aromatic N) is 3. The smallest absolute Gasteiger partial charge is 0.313 e. The quantitative estimate of drug-likeness (QED) is 0.0397. The largest absolute Gasteiger partial charge is 0.460 e. The molecule has 1 aromatic heterocycles. The third-order valence-corrected chi connectivity index (χ3v) is 15.7. The van der Waals surface area contributed by atoms with E-state index in [1.165, 1.54) is 23.5 Å². The minimum Gasteiger partial charge on any atom is -0.460 e. The Labute approximate surface area is 486 Å². The average molecular weight is 1160 g/mol. The Morgan fingerprint density at radius 2 is 1.72 bits per heavy atom. The molecule has 1 aliphatic heterocycles. The second-order valence-electron chi connectivity index (χ2n) is 24.8. The van der Waals surface area contributed by atoms with Crippen molar-refractivity contribution in [2.45, 2.75) is 234 Å². The van der Waals surface area contributed by atoms with E-state index in [1.54, 1.807) is 18.4 Å². The number of ether oxygens (including phenoxy) is 5. The van der Waals surface area contributed by atoms with E-state index in [9.17, 15) is 38.3 Å². The minimum atomic E-state index is -0.924. The number of carbonyl (C=O) groups excluding carboxylic acids is 6. The normalized spacial score (nSPS) is 19.5. The van der Waals surface area contributed by atoms with Gasteiger partial charge in [0, 0.05) is 49.9 Å². The number of aliphatic hydroxyl groups is 1. The first-order valence-corrected chi connectivity index (χ1v) is 30.6. The van der Waals surface area contributed by atoms with Crippen molar-refractivity contribution in [3.05, 3.63) is 51.2 Å². The molecule has 2 heterocycles. The number of carbonyl (C=O) groups is 6. The number of aliphatic hydroxyl groups excluding tert-OH is 1. The summed E-state index contributed by atoms with van der Waals surface area (Å²) in [6.07, 6.45) is 3.77. The zero-order chi connectivity index (χ0) is 60.2. The zero-order valence-electron chi connectivity index (χ0n) is 51.2. The van der Waals surface area contributed by atoms with Crippen LogP contribution in [-0.4, -0.2) is 150 Å². The van der Waals surface area contributed by atoms with E-state index in [0.717, 1.165) is 32.2 Å². The maximum absolute atomic E-state index is 14.8. The Hall–Kier alpha value is -4.60. The van der Waals surface area contributed by atoms with Gasteiger partial charge in [-0.25, -0.2) is 9.37 Å². The van der Waals surface area contributed by atoms with Crippen LogP contribution in [0.4, 0.5) is 4.39 Å². The number of esters is 2. The van der Waals surface area contributed by atoms with Crippen molar-refractivity contribution in [1.82, 2.24) is 30.7 Å². The van der Waals surface area contributed by atoms with Gasteiger partial charge in [0.2, 0.25) is 17.7 Å². The van der Waals surface area contributed by atoms with Gasteiger partial charge in [-0.2, -0.15) is 0 Å².